The molecular formula is C23H47NO2. The van der Waals surface area contributed by atoms with Crippen LogP contribution in [0.1, 0.15) is 116 Å². The van der Waals surface area contributed by atoms with E-state index in [2.05, 4.69) is 21.0 Å². The maximum atomic E-state index is 10.3. The van der Waals surface area contributed by atoms with Gasteiger partial charge in [0.15, 0.2) is 0 Å². The number of carboxylic acids is 1. The first kappa shape index (κ1) is 25.4. The Morgan fingerprint density at radius 3 is 1.35 bits per heavy atom. The van der Waals surface area contributed by atoms with Gasteiger partial charge in [-0.15, -0.1) is 0 Å². The first-order valence-corrected chi connectivity index (χ1v) is 11.5. The van der Waals surface area contributed by atoms with Gasteiger partial charge in [-0.1, -0.05) is 77.6 Å². The summed E-state index contributed by atoms with van der Waals surface area (Å²) < 4.78 is 1.15. The molecule has 0 N–H and O–H groups in total. The molecule has 0 unspecified atom stereocenters. The predicted molar refractivity (Wildman–Crippen MR) is 111 cm³/mol. The van der Waals surface area contributed by atoms with E-state index < -0.39 is 5.97 Å². The van der Waals surface area contributed by atoms with Gasteiger partial charge in [0, 0.05) is 5.97 Å². The largest absolute Gasteiger partial charge is 0.550 e. The Morgan fingerprint density at radius 2 is 0.962 bits per heavy atom. The van der Waals surface area contributed by atoms with E-state index in [9.17, 15) is 9.90 Å². The third-order valence-electron chi connectivity index (χ3n) is 5.51. The lowest BCUT2D eigenvalue weighted by Gasteiger charge is -2.30. The molecule has 0 saturated carbocycles. The molecule has 0 aromatic carbocycles. The predicted octanol–water partition coefficient (Wildman–Crippen LogP) is 5.46. The van der Waals surface area contributed by atoms with E-state index in [1.54, 1.807) is 0 Å². The maximum Gasteiger partial charge on any atom is 0.0782 e. The van der Waals surface area contributed by atoms with Crippen LogP contribution in [-0.2, 0) is 4.79 Å². The summed E-state index contributed by atoms with van der Waals surface area (Å²) in [4.78, 5) is 10.3. The lowest BCUT2D eigenvalue weighted by atomic mass is 10.1. The highest BCUT2D eigenvalue weighted by atomic mass is 16.4. The van der Waals surface area contributed by atoms with Crippen LogP contribution < -0.4 is 5.11 Å². The first-order chi connectivity index (χ1) is 12.5. The highest BCUT2D eigenvalue weighted by Crippen LogP contribution is 2.13. The van der Waals surface area contributed by atoms with Crippen LogP contribution in [0.4, 0.5) is 0 Å². The molecule has 0 aliphatic rings. The fraction of sp³-hybridized carbons (Fsp3) is 0.957. The molecule has 0 aromatic rings. The second-order valence-electron chi connectivity index (χ2n) is 8.81. The maximum absolute atomic E-state index is 10.3. The molecule has 0 spiro atoms. The highest BCUT2D eigenvalue weighted by Gasteiger charge is 2.13. The van der Waals surface area contributed by atoms with Crippen molar-refractivity contribution in [3.8, 4) is 0 Å². The summed E-state index contributed by atoms with van der Waals surface area (Å²) in [6.07, 6.45) is 21.1. The van der Waals surface area contributed by atoms with E-state index in [4.69, 9.17) is 0 Å². The van der Waals surface area contributed by atoms with Crippen LogP contribution in [0.5, 0.6) is 0 Å². The number of hydrogen-bond acceptors (Lipinski definition) is 2. The van der Waals surface area contributed by atoms with Crippen LogP contribution in [0.2, 0.25) is 0 Å². The Kier molecular flexibility index (Phi) is 17.4. The summed E-state index contributed by atoms with van der Waals surface area (Å²) >= 11 is 0. The van der Waals surface area contributed by atoms with Crippen LogP contribution >= 0.6 is 0 Å². The molecular weight excluding hydrogens is 322 g/mol. The molecule has 0 saturated heterocycles. The van der Waals surface area contributed by atoms with Crippen LogP contribution in [0.15, 0.2) is 0 Å². The molecule has 0 atom stereocenters. The minimum absolute atomic E-state index is 0.225. The molecule has 0 aliphatic carbocycles. The molecule has 0 aliphatic heterocycles. The highest BCUT2D eigenvalue weighted by molar-refractivity contribution is 5.63. The van der Waals surface area contributed by atoms with Gasteiger partial charge in [0.1, 0.15) is 0 Å². The van der Waals surface area contributed by atoms with Crippen molar-refractivity contribution >= 4 is 5.97 Å². The smallest absolute Gasteiger partial charge is 0.0782 e. The van der Waals surface area contributed by atoms with Crippen molar-refractivity contribution in [1.82, 2.24) is 0 Å². The fourth-order valence-electron chi connectivity index (χ4n) is 3.66. The van der Waals surface area contributed by atoms with Gasteiger partial charge < -0.3 is 14.4 Å². The minimum Gasteiger partial charge on any atom is -0.550 e. The van der Waals surface area contributed by atoms with Gasteiger partial charge in [0.05, 0.1) is 27.2 Å². The SMILES string of the molecule is CCCCCCCCCCCC[N+](C)(C)CCCCCCCCC(=O)[O-]. The standard InChI is InChI=1S/C23H47NO2/c1-4-5-6-7-8-9-10-12-15-18-21-24(2,3)22-19-16-13-11-14-17-20-23(25)26/h4-22H2,1-3H3. The molecule has 0 amide bonds. The number of aliphatic carboxylic acids is 1. The fourth-order valence-corrected chi connectivity index (χ4v) is 3.66. The molecule has 3 nitrogen and oxygen atoms in total. The molecule has 0 bridgehead atoms. The molecule has 0 aromatic heterocycles. The van der Waals surface area contributed by atoms with E-state index in [0.29, 0.717) is 0 Å². The van der Waals surface area contributed by atoms with Crippen molar-refractivity contribution in [2.45, 2.75) is 116 Å². The van der Waals surface area contributed by atoms with Crippen molar-refractivity contribution in [3.05, 3.63) is 0 Å². The first-order valence-electron chi connectivity index (χ1n) is 11.5. The molecule has 3 heteroatoms. The molecule has 0 rings (SSSR count). The Balaban J connectivity index is 3.35. The average Bonchev–Trinajstić information content (AvgIpc) is 2.58. The van der Waals surface area contributed by atoms with E-state index in [1.165, 1.54) is 103 Å². The third-order valence-corrected chi connectivity index (χ3v) is 5.51. The van der Waals surface area contributed by atoms with Crippen molar-refractivity contribution in [2.75, 3.05) is 27.2 Å². The number of hydrogen-bond donors (Lipinski definition) is 0. The summed E-state index contributed by atoms with van der Waals surface area (Å²) in [5.41, 5.74) is 0. The second kappa shape index (κ2) is 17.8. The molecule has 156 valence electrons. The van der Waals surface area contributed by atoms with Gasteiger partial charge in [-0.3, -0.25) is 0 Å². The number of carbonyl (C=O) groups excluding carboxylic acids is 1. The van der Waals surface area contributed by atoms with Crippen LogP contribution in [0, 0.1) is 0 Å². The van der Waals surface area contributed by atoms with Crippen molar-refractivity contribution in [3.63, 3.8) is 0 Å². The van der Waals surface area contributed by atoms with Crippen molar-refractivity contribution in [1.29, 1.82) is 0 Å². The summed E-state index contributed by atoms with van der Waals surface area (Å²) in [5.74, 6) is -0.906. The molecule has 0 fully saturated rings. The topological polar surface area (TPSA) is 40.1 Å². The van der Waals surface area contributed by atoms with E-state index >= 15 is 0 Å². The molecule has 26 heavy (non-hydrogen) atoms. The van der Waals surface area contributed by atoms with Crippen LogP contribution in [-0.4, -0.2) is 37.6 Å². The molecule has 0 radical (unpaired) electrons. The number of quaternary nitrogens is 1. The lowest BCUT2D eigenvalue weighted by molar-refractivity contribution is -0.890. The van der Waals surface area contributed by atoms with E-state index in [0.717, 1.165) is 17.3 Å². The molecule has 0 heterocycles. The van der Waals surface area contributed by atoms with Crippen molar-refractivity contribution in [2.24, 2.45) is 0 Å². The van der Waals surface area contributed by atoms with E-state index in [1.807, 2.05) is 0 Å². The minimum atomic E-state index is -0.906. The summed E-state index contributed by atoms with van der Waals surface area (Å²) in [7, 11) is 4.74. The van der Waals surface area contributed by atoms with Gasteiger partial charge >= 0.3 is 0 Å². The average molecular weight is 370 g/mol. The van der Waals surface area contributed by atoms with Gasteiger partial charge in [-0.05, 0) is 38.5 Å². The number of rotatable bonds is 20. The second-order valence-corrected chi connectivity index (χ2v) is 8.81. The Bertz CT molecular complexity index is 315. The Hall–Kier alpha value is -0.570. The lowest BCUT2D eigenvalue weighted by Crippen LogP contribution is -2.41. The zero-order valence-electron chi connectivity index (χ0n) is 18.2. The van der Waals surface area contributed by atoms with Gasteiger partial charge in [-0.25, -0.2) is 0 Å². The zero-order chi connectivity index (χ0) is 19.5. The Labute approximate surface area is 164 Å². The van der Waals surface area contributed by atoms with Gasteiger partial charge in [-0.2, -0.15) is 0 Å². The monoisotopic (exact) mass is 369 g/mol. The zero-order valence-corrected chi connectivity index (χ0v) is 18.2. The van der Waals surface area contributed by atoms with E-state index in [-0.39, 0.29) is 6.42 Å². The summed E-state index contributed by atoms with van der Waals surface area (Å²) in [5, 5.41) is 10.3. The summed E-state index contributed by atoms with van der Waals surface area (Å²) in [6.45, 7) is 4.86. The van der Waals surface area contributed by atoms with Gasteiger partial charge in [0.2, 0.25) is 0 Å². The number of carbonyl (C=O) groups is 1. The summed E-state index contributed by atoms with van der Waals surface area (Å²) in [6, 6.07) is 0. The quantitative estimate of drug-likeness (QED) is 0.211. The number of nitrogens with zero attached hydrogens (tertiary/aromatic N) is 1. The Morgan fingerprint density at radius 1 is 0.615 bits per heavy atom. The van der Waals surface area contributed by atoms with Crippen LogP contribution in [0.25, 0.3) is 0 Å². The van der Waals surface area contributed by atoms with Gasteiger partial charge in [0.25, 0.3) is 0 Å². The van der Waals surface area contributed by atoms with Crippen LogP contribution in [0.3, 0.4) is 0 Å². The number of carboxylic acid groups (broad SMARTS) is 1. The van der Waals surface area contributed by atoms with Crippen molar-refractivity contribution < 1.29 is 14.4 Å². The third kappa shape index (κ3) is 19.8. The normalized spacial score (nSPS) is 11.8. The number of unbranched alkanes of at least 4 members (excludes halogenated alkanes) is 14.